The van der Waals surface area contributed by atoms with Gasteiger partial charge >= 0.3 is 0 Å². The van der Waals surface area contributed by atoms with E-state index < -0.39 is 0 Å². The maximum atomic E-state index is 12.8. The molecule has 9 heteroatoms. The van der Waals surface area contributed by atoms with Crippen LogP contribution in [0.4, 0.5) is 5.82 Å². The van der Waals surface area contributed by atoms with Gasteiger partial charge < -0.3 is 9.88 Å². The molecule has 0 aliphatic heterocycles. The van der Waals surface area contributed by atoms with Gasteiger partial charge in [-0.2, -0.15) is 5.26 Å². The summed E-state index contributed by atoms with van der Waals surface area (Å²) in [6, 6.07) is 14.2. The normalized spacial score (nSPS) is 11.0. The SMILES string of the molecule is Cc1cc(C)n2c(SCC(=O)Nc3c(C#N)c(C)c(C)n3Cc3ccccc3)nnc2n1. The predicted octanol–water partition coefficient (Wildman–Crippen LogP) is 3.81. The van der Waals surface area contributed by atoms with Gasteiger partial charge in [0.25, 0.3) is 5.78 Å². The first-order valence-electron chi connectivity index (χ1n) is 10.1. The summed E-state index contributed by atoms with van der Waals surface area (Å²) in [5, 5.41) is 21.6. The number of nitriles is 1. The molecule has 0 bridgehead atoms. The van der Waals surface area contributed by atoms with Crippen molar-refractivity contribution in [3.8, 4) is 6.07 Å². The molecule has 3 heterocycles. The fourth-order valence-corrected chi connectivity index (χ4v) is 4.47. The van der Waals surface area contributed by atoms with Crippen LogP contribution in [-0.2, 0) is 11.3 Å². The van der Waals surface area contributed by atoms with E-state index in [1.165, 1.54) is 11.8 Å². The molecule has 0 saturated heterocycles. The van der Waals surface area contributed by atoms with Crippen LogP contribution in [0.2, 0.25) is 0 Å². The van der Waals surface area contributed by atoms with Gasteiger partial charge in [-0.25, -0.2) is 4.98 Å². The molecular weight excluding hydrogens is 422 g/mol. The van der Waals surface area contributed by atoms with Crippen molar-refractivity contribution in [1.82, 2.24) is 24.1 Å². The third-order valence-corrected chi connectivity index (χ3v) is 6.31. The van der Waals surface area contributed by atoms with Gasteiger partial charge in [0, 0.05) is 23.6 Å². The van der Waals surface area contributed by atoms with Crippen LogP contribution in [0.5, 0.6) is 0 Å². The number of aromatic nitrogens is 5. The second-order valence-corrected chi connectivity index (χ2v) is 8.55. The molecule has 3 aromatic heterocycles. The number of hydrogen-bond acceptors (Lipinski definition) is 6. The first kappa shape index (κ1) is 21.6. The van der Waals surface area contributed by atoms with Crippen molar-refractivity contribution in [2.24, 2.45) is 0 Å². The van der Waals surface area contributed by atoms with Crippen molar-refractivity contribution in [2.45, 2.75) is 39.4 Å². The second kappa shape index (κ2) is 8.85. The number of benzene rings is 1. The van der Waals surface area contributed by atoms with Crippen molar-refractivity contribution < 1.29 is 4.79 Å². The quantitative estimate of drug-likeness (QED) is 0.453. The molecule has 0 radical (unpaired) electrons. The Morgan fingerprint density at radius 1 is 1.16 bits per heavy atom. The Morgan fingerprint density at radius 3 is 2.62 bits per heavy atom. The fraction of sp³-hybridized carbons (Fsp3) is 0.261. The molecular formula is C23H23N7OS. The standard InChI is InChI=1S/C23H23N7OS/c1-14-10-15(2)30-22(25-14)27-28-23(30)32-13-20(31)26-21-19(11-24)16(3)17(4)29(21)12-18-8-6-5-7-9-18/h5-10H,12-13H2,1-4H3,(H,26,31). The second-order valence-electron chi connectivity index (χ2n) is 7.61. The van der Waals surface area contributed by atoms with Crippen molar-refractivity contribution in [3.63, 3.8) is 0 Å². The van der Waals surface area contributed by atoms with Crippen LogP contribution < -0.4 is 5.32 Å². The van der Waals surface area contributed by atoms with Crippen LogP contribution in [0.3, 0.4) is 0 Å². The summed E-state index contributed by atoms with van der Waals surface area (Å²) in [6.45, 7) is 8.29. The van der Waals surface area contributed by atoms with Crippen molar-refractivity contribution in [1.29, 1.82) is 5.26 Å². The highest BCUT2D eigenvalue weighted by molar-refractivity contribution is 7.99. The maximum absolute atomic E-state index is 12.8. The highest BCUT2D eigenvalue weighted by Gasteiger charge is 2.20. The number of nitrogens with one attached hydrogen (secondary N) is 1. The van der Waals surface area contributed by atoms with Gasteiger partial charge in [0.15, 0.2) is 5.16 Å². The molecule has 162 valence electrons. The lowest BCUT2D eigenvalue weighted by Gasteiger charge is -2.13. The summed E-state index contributed by atoms with van der Waals surface area (Å²) in [6.07, 6.45) is 0. The van der Waals surface area contributed by atoms with Crippen LogP contribution in [0.25, 0.3) is 5.78 Å². The minimum Gasteiger partial charge on any atom is -0.326 e. The molecule has 1 aromatic carbocycles. The van der Waals surface area contributed by atoms with Gasteiger partial charge in [-0.3, -0.25) is 9.20 Å². The van der Waals surface area contributed by atoms with E-state index in [1.54, 1.807) is 0 Å². The Hall–Kier alpha value is -3.64. The third kappa shape index (κ3) is 4.09. The molecule has 4 rings (SSSR count). The average molecular weight is 446 g/mol. The van der Waals surface area contributed by atoms with E-state index in [4.69, 9.17) is 0 Å². The number of carbonyl (C=O) groups is 1. The minimum absolute atomic E-state index is 0.133. The summed E-state index contributed by atoms with van der Waals surface area (Å²) in [7, 11) is 0. The average Bonchev–Trinajstić information content (AvgIpc) is 3.27. The van der Waals surface area contributed by atoms with E-state index in [-0.39, 0.29) is 11.7 Å². The lowest BCUT2D eigenvalue weighted by atomic mass is 10.2. The van der Waals surface area contributed by atoms with E-state index >= 15 is 0 Å². The zero-order valence-corrected chi connectivity index (χ0v) is 19.2. The van der Waals surface area contributed by atoms with Crippen molar-refractivity contribution >= 4 is 29.3 Å². The minimum atomic E-state index is -0.215. The first-order chi connectivity index (χ1) is 15.4. The van der Waals surface area contributed by atoms with Crippen LogP contribution >= 0.6 is 11.8 Å². The summed E-state index contributed by atoms with van der Waals surface area (Å²) in [5.74, 6) is 0.956. The molecule has 0 aliphatic carbocycles. The van der Waals surface area contributed by atoms with E-state index in [9.17, 15) is 10.1 Å². The molecule has 0 unspecified atom stereocenters. The topological polar surface area (TPSA) is 101 Å². The smallest absolute Gasteiger partial charge is 0.256 e. The molecule has 0 aliphatic rings. The van der Waals surface area contributed by atoms with Gasteiger partial charge in [0.1, 0.15) is 11.9 Å². The highest BCUT2D eigenvalue weighted by Crippen LogP contribution is 2.28. The van der Waals surface area contributed by atoms with Crippen molar-refractivity contribution in [3.05, 3.63) is 70.2 Å². The van der Waals surface area contributed by atoms with E-state index in [1.807, 2.05) is 73.1 Å². The Labute approximate surface area is 190 Å². The van der Waals surface area contributed by atoms with Gasteiger partial charge in [-0.1, -0.05) is 42.1 Å². The Bertz CT molecular complexity index is 1350. The molecule has 0 saturated carbocycles. The Balaban J connectivity index is 1.56. The number of hydrogen-bond donors (Lipinski definition) is 1. The number of aryl methyl sites for hydroxylation is 2. The van der Waals surface area contributed by atoms with Gasteiger partial charge in [-0.15, -0.1) is 10.2 Å². The van der Waals surface area contributed by atoms with Crippen molar-refractivity contribution in [2.75, 3.05) is 11.1 Å². The van der Waals surface area contributed by atoms with Crippen LogP contribution in [0, 0.1) is 39.0 Å². The van der Waals surface area contributed by atoms with Crippen LogP contribution in [0.1, 0.15) is 33.8 Å². The molecule has 1 amide bonds. The number of thioether (sulfide) groups is 1. The number of fused-ring (bicyclic) bond motifs is 1. The predicted molar refractivity (Wildman–Crippen MR) is 124 cm³/mol. The largest absolute Gasteiger partial charge is 0.326 e. The highest BCUT2D eigenvalue weighted by atomic mass is 32.2. The monoisotopic (exact) mass is 445 g/mol. The zero-order valence-electron chi connectivity index (χ0n) is 18.4. The lowest BCUT2D eigenvalue weighted by Crippen LogP contribution is -2.18. The van der Waals surface area contributed by atoms with Crippen LogP contribution in [-0.4, -0.2) is 35.8 Å². The molecule has 0 fully saturated rings. The molecule has 1 N–H and O–H groups in total. The van der Waals surface area contributed by atoms with Gasteiger partial charge in [0.2, 0.25) is 5.91 Å². The molecule has 8 nitrogen and oxygen atoms in total. The number of rotatable bonds is 6. The lowest BCUT2D eigenvalue weighted by molar-refractivity contribution is -0.113. The fourth-order valence-electron chi connectivity index (χ4n) is 3.69. The zero-order chi connectivity index (χ0) is 22.8. The Morgan fingerprint density at radius 2 is 1.91 bits per heavy atom. The van der Waals surface area contributed by atoms with E-state index in [0.29, 0.717) is 28.9 Å². The Kier molecular flexibility index (Phi) is 5.97. The summed E-state index contributed by atoms with van der Waals surface area (Å²) < 4.78 is 3.81. The number of carbonyl (C=O) groups excluding carboxylic acids is 1. The van der Waals surface area contributed by atoms with Crippen LogP contribution in [0.15, 0.2) is 41.6 Å². The summed E-state index contributed by atoms with van der Waals surface area (Å²) >= 11 is 1.28. The third-order valence-electron chi connectivity index (χ3n) is 5.38. The van der Waals surface area contributed by atoms with Gasteiger partial charge in [0.05, 0.1) is 11.3 Å². The molecule has 0 atom stereocenters. The molecule has 0 spiro atoms. The first-order valence-corrected chi connectivity index (χ1v) is 11.1. The van der Waals surface area contributed by atoms with Gasteiger partial charge in [-0.05, 0) is 44.9 Å². The number of amides is 1. The number of nitrogens with zero attached hydrogens (tertiary/aromatic N) is 6. The number of anilines is 1. The molecule has 32 heavy (non-hydrogen) atoms. The van der Waals surface area contributed by atoms with E-state index in [0.717, 1.165) is 28.2 Å². The maximum Gasteiger partial charge on any atom is 0.256 e. The molecule has 4 aromatic rings. The summed E-state index contributed by atoms with van der Waals surface area (Å²) in [5.41, 5.74) is 5.22. The summed E-state index contributed by atoms with van der Waals surface area (Å²) in [4.78, 5) is 17.2. The van der Waals surface area contributed by atoms with E-state index in [2.05, 4.69) is 26.6 Å².